The first-order chi connectivity index (χ1) is 15.0. The maximum atomic E-state index is 12.6. The van der Waals surface area contributed by atoms with Crippen LogP contribution in [0.5, 0.6) is 5.75 Å². The summed E-state index contributed by atoms with van der Waals surface area (Å²) < 4.78 is 5.26. The molecule has 0 spiro atoms. The van der Waals surface area contributed by atoms with Crippen LogP contribution in [-0.4, -0.2) is 32.0 Å². The number of rotatable bonds is 5. The molecule has 0 aromatic heterocycles. The van der Waals surface area contributed by atoms with E-state index in [1.54, 1.807) is 7.11 Å². The number of carbonyl (C=O) groups is 2. The molecule has 1 atom stereocenters. The van der Waals surface area contributed by atoms with Gasteiger partial charge in [0.15, 0.2) is 0 Å². The van der Waals surface area contributed by atoms with E-state index in [0.29, 0.717) is 0 Å². The zero-order valence-corrected chi connectivity index (χ0v) is 17.9. The summed E-state index contributed by atoms with van der Waals surface area (Å²) in [6.45, 7) is 2.87. The molecule has 2 amide bonds. The molecule has 31 heavy (non-hydrogen) atoms. The molecule has 3 aromatic carbocycles. The van der Waals surface area contributed by atoms with Gasteiger partial charge in [0.1, 0.15) is 5.75 Å². The van der Waals surface area contributed by atoms with Crippen molar-refractivity contribution in [3.63, 3.8) is 0 Å². The van der Waals surface area contributed by atoms with E-state index in [2.05, 4.69) is 21.8 Å². The molecular formula is C25H27N3O3. The largest absolute Gasteiger partial charge is 0.497 e. The number of methoxy groups -OCH3 is 1. The maximum Gasteiger partial charge on any atom is 0.257 e. The SMILES string of the molecule is COc1ccc2cc([C@H](C)C(=O)NNC(=O)CN3CCCc4ccccc43)ccc2c1. The lowest BCUT2D eigenvalue weighted by Crippen LogP contribution is -2.48. The molecule has 0 radical (unpaired) electrons. The van der Waals surface area contributed by atoms with Crippen molar-refractivity contribution in [3.8, 4) is 5.75 Å². The van der Waals surface area contributed by atoms with Crippen LogP contribution in [0.2, 0.25) is 0 Å². The Labute approximate surface area is 182 Å². The summed E-state index contributed by atoms with van der Waals surface area (Å²) >= 11 is 0. The smallest absolute Gasteiger partial charge is 0.257 e. The molecule has 160 valence electrons. The molecular weight excluding hydrogens is 390 g/mol. The van der Waals surface area contributed by atoms with Crippen LogP contribution in [0.25, 0.3) is 10.8 Å². The van der Waals surface area contributed by atoms with Crippen molar-refractivity contribution < 1.29 is 14.3 Å². The summed E-state index contributed by atoms with van der Waals surface area (Å²) in [7, 11) is 1.64. The number of amides is 2. The van der Waals surface area contributed by atoms with Crippen LogP contribution in [0, 0.1) is 0 Å². The summed E-state index contributed by atoms with van der Waals surface area (Å²) in [5.74, 6) is -0.0873. The topological polar surface area (TPSA) is 70.7 Å². The minimum atomic E-state index is -0.400. The van der Waals surface area contributed by atoms with E-state index >= 15 is 0 Å². The van der Waals surface area contributed by atoms with Gasteiger partial charge in [0.05, 0.1) is 19.6 Å². The van der Waals surface area contributed by atoms with Gasteiger partial charge in [-0.3, -0.25) is 20.4 Å². The number of hydrogen-bond donors (Lipinski definition) is 2. The highest BCUT2D eigenvalue weighted by Gasteiger charge is 2.20. The summed E-state index contributed by atoms with van der Waals surface area (Å²) in [4.78, 5) is 27.1. The fourth-order valence-electron chi connectivity index (χ4n) is 4.02. The zero-order valence-electron chi connectivity index (χ0n) is 17.9. The predicted molar refractivity (Wildman–Crippen MR) is 122 cm³/mol. The second kappa shape index (κ2) is 9.08. The maximum absolute atomic E-state index is 12.6. The average molecular weight is 418 g/mol. The molecule has 0 unspecified atom stereocenters. The molecule has 2 N–H and O–H groups in total. The van der Waals surface area contributed by atoms with Gasteiger partial charge in [-0.15, -0.1) is 0 Å². The Morgan fingerprint density at radius 1 is 1.03 bits per heavy atom. The van der Waals surface area contributed by atoms with E-state index in [0.717, 1.165) is 47.2 Å². The number of nitrogens with one attached hydrogen (secondary N) is 2. The minimum absolute atomic E-state index is 0.212. The van der Waals surface area contributed by atoms with E-state index in [4.69, 9.17) is 4.74 Å². The monoisotopic (exact) mass is 417 g/mol. The van der Waals surface area contributed by atoms with Crippen LogP contribution < -0.4 is 20.5 Å². The molecule has 1 aliphatic rings. The first-order valence-electron chi connectivity index (χ1n) is 10.5. The van der Waals surface area contributed by atoms with Crippen molar-refractivity contribution in [1.29, 1.82) is 0 Å². The summed E-state index contributed by atoms with van der Waals surface area (Å²) in [5.41, 5.74) is 8.38. The molecule has 0 saturated carbocycles. The molecule has 0 fully saturated rings. The lowest BCUT2D eigenvalue weighted by Gasteiger charge is -2.30. The second-order valence-corrected chi connectivity index (χ2v) is 7.89. The number of aryl methyl sites for hydroxylation is 1. The Balaban J connectivity index is 1.35. The molecule has 0 bridgehead atoms. The van der Waals surface area contributed by atoms with Crippen molar-refractivity contribution in [3.05, 3.63) is 71.8 Å². The minimum Gasteiger partial charge on any atom is -0.497 e. The molecule has 3 aromatic rings. The van der Waals surface area contributed by atoms with Gasteiger partial charge < -0.3 is 9.64 Å². The molecule has 1 heterocycles. The second-order valence-electron chi connectivity index (χ2n) is 7.89. The van der Waals surface area contributed by atoms with Crippen LogP contribution in [-0.2, 0) is 16.0 Å². The van der Waals surface area contributed by atoms with Gasteiger partial charge in [-0.2, -0.15) is 0 Å². The fourth-order valence-corrected chi connectivity index (χ4v) is 4.02. The number of fused-ring (bicyclic) bond motifs is 2. The first-order valence-corrected chi connectivity index (χ1v) is 10.5. The molecule has 6 heteroatoms. The average Bonchev–Trinajstić information content (AvgIpc) is 2.81. The van der Waals surface area contributed by atoms with Gasteiger partial charge in [-0.05, 0) is 59.9 Å². The Morgan fingerprint density at radius 2 is 1.81 bits per heavy atom. The number of para-hydroxylation sites is 1. The van der Waals surface area contributed by atoms with E-state index in [1.165, 1.54) is 5.56 Å². The highest BCUT2D eigenvalue weighted by Crippen LogP contribution is 2.27. The van der Waals surface area contributed by atoms with Crippen molar-refractivity contribution in [2.45, 2.75) is 25.7 Å². The van der Waals surface area contributed by atoms with Gasteiger partial charge in [0.2, 0.25) is 5.91 Å². The summed E-state index contributed by atoms with van der Waals surface area (Å²) in [6.07, 6.45) is 2.04. The molecule has 0 saturated heterocycles. The quantitative estimate of drug-likeness (QED) is 0.623. The van der Waals surface area contributed by atoms with Gasteiger partial charge in [-0.25, -0.2) is 0 Å². The van der Waals surface area contributed by atoms with Crippen molar-refractivity contribution >= 4 is 28.3 Å². The molecule has 4 rings (SSSR count). The van der Waals surface area contributed by atoms with E-state index in [9.17, 15) is 9.59 Å². The summed E-state index contributed by atoms with van der Waals surface area (Å²) in [6, 6.07) is 19.9. The number of hydrazine groups is 1. The molecule has 6 nitrogen and oxygen atoms in total. The number of hydrogen-bond acceptors (Lipinski definition) is 4. The van der Waals surface area contributed by atoms with Crippen LogP contribution >= 0.6 is 0 Å². The number of nitrogens with zero attached hydrogens (tertiary/aromatic N) is 1. The molecule has 1 aliphatic heterocycles. The number of benzene rings is 3. The standard InChI is InChI=1S/C25H27N3O3/c1-17(19-9-10-21-15-22(31-2)12-11-20(21)14-19)25(30)27-26-24(29)16-28-13-5-7-18-6-3-4-8-23(18)28/h3-4,6,8-12,14-15,17H,5,7,13,16H2,1-2H3,(H,26,29)(H,27,30)/t17-/m0/s1. The van der Waals surface area contributed by atoms with Gasteiger partial charge in [0.25, 0.3) is 5.91 Å². The lowest BCUT2D eigenvalue weighted by molar-refractivity contribution is -0.128. The van der Waals surface area contributed by atoms with Gasteiger partial charge in [0, 0.05) is 12.2 Å². The zero-order chi connectivity index (χ0) is 21.8. The lowest BCUT2D eigenvalue weighted by atomic mass is 9.97. The predicted octanol–water partition coefficient (Wildman–Crippen LogP) is 3.55. The van der Waals surface area contributed by atoms with Crippen molar-refractivity contribution in [1.82, 2.24) is 10.9 Å². The van der Waals surface area contributed by atoms with Crippen molar-refractivity contribution in [2.24, 2.45) is 0 Å². The van der Waals surface area contributed by atoms with E-state index in [1.807, 2.05) is 61.5 Å². The highest BCUT2D eigenvalue weighted by atomic mass is 16.5. The Morgan fingerprint density at radius 3 is 2.65 bits per heavy atom. The number of carbonyl (C=O) groups excluding carboxylic acids is 2. The summed E-state index contributed by atoms with van der Waals surface area (Å²) in [5, 5.41) is 2.08. The van der Waals surface area contributed by atoms with Crippen LogP contribution in [0.3, 0.4) is 0 Å². The normalized spacial score (nSPS) is 13.9. The van der Waals surface area contributed by atoms with Crippen LogP contribution in [0.1, 0.15) is 30.4 Å². The van der Waals surface area contributed by atoms with Crippen LogP contribution in [0.15, 0.2) is 60.7 Å². The Hall–Kier alpha value is -3.54. The molecule has 0 aliphatic carbocycles. The number of anilines is 1. The third-order valence-corrected chi connectivity index (χ3v) is 5.83. The Kier molecular flexibility index (Phi) is 6.07. The van der Waals surface area contributed by atoms with Crippen LogP contribution in [0.4, 0.5) is 5.69 Å². The number of ether oxygens (including phenoxy) is 1. The third kappa shape index (κ3) is 4.63. The van der Waals surface area contributed by atoms with Crippen molar-refractivity contribution in [2.75, 3.05) is 25.1 Å². The Bertz CT molecular complexity index is 1110. The van der Waals surface area contributed by atoms with Gasteiger partial charge >= 0.3 is 0 Å². The highest BCUT2D eigenvalue weighted by molar-refractivity contribution is 5.90. The van der Waals surface area contributed by atoms with E-state index < -0.39 is 5.92 Å². The van der Waals surface area contributed by atoms with E-state index in [-0.39, 0.29) is 18.4 Å². The first kappa shape index (κ1) is 20.7. The van der Waals surface area contributed by atoms with Gasteiger partial charge in [-0.1, -0.05) is 42.5 Å². The fraction of sp³-hybridized carbons (Fsp3) is 0.280. The third-order valence-electron chi connectivity index (χ3n) is 5.83.